The molecule has 1 aromatic carbocycles. The summed E-state index contributed by atoms with van der Waals surface area (Å²) in [5, 5.41) is 5.82. The van der Waals surface area contributed by atoms with Gasteiger partial charge < -0.3 is 14.0 Å². The number of hydrogen-bond acceptors (Lipinski definition) is 8. The summed E-state index contributed by atoms with van der Waals surface area (Å²) >= 11 is 1.51. The molecule has 0 unspecified atom stereocenters. The number of fused-ring (bicyclic) bond motifs is 1. The molecule has 0 spiro atoms. The van der Waals surface area contributed by atoms with Crippen LogP contribution in [0.5, 0.6) is 11.5 Å². The highest BCUT2D eigenvalue weighted by molar-refractivity contribution is 7.89. The third-order valence-electron chi connectivity index (χ3n) is 3.66. The van der Waals surface area contributed by atoms with E-state index in [1.807, 2.05) is 17.5 Å². The quantitative estimate of drug-likeness (QED) is 0.684. The van der Waals surface area contributed by atoms with Crippen LogP contribution in [0.2, 0.25) is 0 Å². The van der Waals surface area contributed by atoms with Crippen molar-refractivity contribution in [2.24, 2.45) is 0 Å². The highest BCUT2D eigenvalue weighted by atomic mass is 32.2. The molecule has 2 aromatic heterocycles. The molecule has 3 aromatic rings. The molecule has 4 rings (SSSR count). The van der Waals surface area contributed by atoms with Crippen molar-refractivity contribution in [3.8, 4) is 22.2 Å². The van der Waals surface area contributed by atoms with E-state index < -0.39 is 10.0 Å². The van der Waals surface area contributed by atoms with E-state index >= 15 is 0 Å². The SMILES string of the molecule is O=S(=O)(NCCc1nc(-c2cccs2)no1)c1ccc2c(c1)OCCO2. The molecule has 3 heterocycles. The molecule has 0 atom stereocenters. The van der Waals surface area contributed by atoms with Gasteiger partial charge in [0.15, 0.2) is 11.5 Å². The first-order chi connectivity index (χ1) is 12.6. The van der Waals surface area contributed by atoms with Crippen molar-refractivity contribution >= 4 is 21.4 Å². The standard InChI is InChI=1S/C16H15N3O5S2/c20-26(21,11-3-4-12-13(10-11)23-8-7-22-12)17-6-5-15-18-16(19-24-15)14-2-1-9-25-14/h1-4,9-10,17H,5-8H2. The van der Waals surface area contributed by atoms with Crippen molar-refractivity contribution in [3.05, 3.63) is 41.6 Å². The fourth-order valence-corrected chi connectivity index (χ4v) is 4.12. The lowest BCUT2D eigenvalue weighted by atomic mass is 10.3. The van der Waals surface area contributed by atoms with Gasteiger partial charge in [0.2, 0.25) is 21.7 Å². The monoisotopic (exact) mass is 393 g/mol. The Hall–Kier alpha value is -2.43. The molecule has 1 aliphatic heterocycles. The summed E-state index contributed by atoms with van der Waals surface area (Å²) < 4.78 is 43.4. The molecule has 136 valence electrons. The Bertz CT molecular complexity index is 999. The lowest BCUT2D eigenvalue weighted by molar-refractivity contribution is 0.171. The number of ether oxygens (including phenoxy) is 2. The summed E-state index contributed by atoms with van der Waals surface area (Å²) in [5.41, 5.74) is 0. The molecule has 1 N–H and O–H groups in total. The molecular formula is C16H15N3O5S2. The van der Waals surface area contributed by atoms with Gasteiger partial charge in [-0.1, -0.05) is 11.2 Å². The summed E-state index contributed by atoms with van der Waals surface area (Å²) in [6.07, 6.45) is 0.294. The smallest absolute Gasteiger partial charge is 0.240 e. The van der Waals surface area contributed by atoms with Crippen molar-refractivity contribution < 1.29 is 22.4 Å². The van der Waals surface area contributed by atoms with Crippen LogP contribution in [0.25, 0.3) is 10.7 Å². The number of nitrogens with zero attached hydrogens (tertiary/aromatic N) is 2. The Morgan fingerprint density at radius 2 is 2.00 bits per heavy atom. The first-order valence-corrected chi connectivity index (χ1v) is 10.2. The molecule has 0 bridgehead atoms. The predicted octanol–water partition coefficient (Wildman–Crippen LogP) is 2.09. The zero-order valence-electron chi connectivity index (χ0n) is 13.5. The molecular weight excluding hydrogens is 378 g/mol. The molecule has 1 aliphatic rings. The summed E-state index contributed by atoms with van der Waals surface area (Å²) in [6.45, 7) is 0.992. The van der Waals surface area contributed by atoms with E-state index in [1.54, 1.807) is 6.07 Å². The molecule has 0 amide bonds. The lowest BCUT2D eigenvalue weighted by Crippen LogP contribution is -2.26. The number of nitrogens with one attached hydrogen (secondary N) is 1. The van der Waals surface area contributed by atoms with Gasteiger partial charge >= 0.3 is 0 Å². The van der Waals surface area contributed by atoms with Crippen LogP contribution in [0.3, 0.4) is 0 Å². The van der Waals surface area contributed by atoms with Gasteiger partial charge in [-0.2, -0.15) is 4.98 Å². The summed E-state index contributed by atoms with van der Waals surface area (Å²) in [5.74, 6) is 1.85. The summed E-state index contributed by atoms with van der Waals surface area (Å²) in [7, 11) is -3.67. The van der Waals surface area contributed by atoms with Gasteiger partial charge in [0.25, 0.3) is 0 Å². The van der Waals surface area contributed by atoms with Crippen LogP contribution in [0, 0.1) is 0 Å². The van der Waals surface area contributed by atoms with E-state index in [1.165, 1.54) is 23.5 Å². The second-order valence-corrected chi connectivity index (χ2v) is 8.16. The van der Waals surface area contributed by atoms with Crippen molar-refractivity contribution in [1.29, 1.82) is 0 Å². The second kappa shape index (κ2) is 7.06. The van der Waals surface area contributed by atoms with Crippen LogP contribution in [-0.4, -0.2) is 38.3 Å². The summed E-state index contributed by atoms with van der Waals surface area (Å²) in [4.78, 5) is 5.28. The third kappa shape index (κ3) is 3.57. The van der Waals surface area contributed by atoms with Gasteiger partial charge in [-0.15, -0.1) is 11.3 Å². The maximum atomic E-state index is 12.4. The molecule has 0 saturated carbocycles. The Labute approximate surface area is 153 Å². The maximum Gasteiger partial charge on any atom is 0.240 e. The van der Waals surface area contributed by atoms with Crippen LogP contribution in [0.4, 0.5) is 0 Å². The van der Waals surface area contributed by atoms with Crippen LogP contribution in [0.15, 0.2) is 45.1 Å². The predicted molar refractivity (Wildman–Crippen MR) is 93.9 cm³/mol. The first kappa shape index (κ1) is 17.0. The van der Waals surface area contributed by atoms with E-state index in [-0.39, 0.29) is 11.4 Å². The van der Waals surface area contributed by atoms with Crippen LogP contribution in [-0.2, 0) is 16.4 Å². The molecule has 10 heteroatoms. The first-order valence-electron chi connectivity index (χ1n) is 7.88. The topological polar surface area (TPSA) is 104 Å². The van der Waals surface area contributed by atoms with E-state index in [9.17, 15) is 8.42 Å². The van der Waals surface area contributed by atoms with Crippen molar-refractivity contribution in [1.82, 2.24) is 14.9 Å². The summed E-state index contributed by atoms with van der Waals surface area (Å²) in [6, 6.07) is 8.33. The Balaban J connectivity index is 1.39. The molecule has 8 nitrogen and oxygen atoms in total. The lowest BCUT2D eigenvalue weighted by Gasteiger charge is -2.18. The molecule has 0 saturated heterocycles. The van der Waals surface area contributed by atoms with Crippen LogP contribution >= 0.6 is 11.3 Å². The van der Waals surface area contributed by atoms with Crippen molar-refractivity contribution in [3.63, 3.8) is 0 Å². The zero-order valence-corrected chi connectivity index (χ0v) is 15.2. The van der Waals surface area contributed by atoms with Crippen molar-refractivity contribution in [2.75, 3.05) is 19.8 Å². The van der Waals surface area contributed by atoms with E-state index in [0.717, 1.165) is 4.88 Å². The fraction of sp³-hybridized carbons (Fsp3) is 0.250. The molecule has 0 fully saturated rings. The van der Waals surface area contributed by atoms with E-state index in [2.05, 4.69) is 14.9 Å². The van der Waals surface area contributed by atoms with E-state index in [0.29, 0.717) is 42.8 Å². The minimum absolute atomic E-state index is 0.117. The number of rotatable bonds is 6. The van der Waals surface area contributed by atoms with Gasteiger partial charge in [0, 0.05) is 19.0 Å². The third-order valence-corrected chi connectivity index (χ3v) is 5.99. The number of benzene rings is 1. The van der Waals surface area contributed by atoms with Crippen molar-refractivity contribution in [2.45, 2.75) is 11.3 Å². The van der Waals surface area contributed by atoms with Crippen LogP contribution < -0.4 is 14.2 Å². The minimum Gasteiger partial charge on any atom is -0.486 e. The Morgan fingerprint density at radius 1 is 1.15 bits per heavy atom. The normalized spacial score (nSPS) is 13.7. The number of thiophene rings is 1. The largest absolute Gasteiger partial charge is 0.486 e. The van der Waals surface area contributed by atoms with Crippen LogP contribution in [0.1, 0.15) is 5.89 Å². The second-order valence-electron chi connectivity index (χ2n) is 5.44. The number of aromatic nitrogens is 2. The average molecular weight is 393 g/mol. The van der Waals surface area contributed by atoms with Gasteiger partial charge in [0.1, 0.15) is 13.2 Å². The molecule has 0 aliphatic carbocycles. The Morgan fingerprint density at radius 3 is 2.81 bits per heavy atom. The van der Waals surface area contributed by atoms with Gasteiger partial charge in [-0.05, 0) is 23.6 Å². The highest BCUT2D eigenvalue weighted by Gasteiger charge is 2.19. The minimum atomic E-state index is -3.67. The number of sulfonamides is 1. The Kier molecular flexibility index (Phi) is 4.62. The van der Waals surface area contributed by atoms with Gasteiger partial charge in [-0.25, -0.2) is 13.1 Å². The molecule has 26 heavy (non-hydrogen) atoms. The molecule has 0 radical (unpaired) electrons. The fourth-order valence-electron chi connectivity index (χ4n) is 2.43. The number of hydrogen-bond donors (Lipinski definition) is 1. The van der Waals surface area contributed by atoms with Gasteiger partial charge in [-0.3, -0.25) is 0 Å². The van der Waals surface area contributed by atoms with Gasteiger partial charge in [0.05, 0.1) is 9.77 Å². The highest BCUT2D eigenvalue weighted by Crippen LogP contribution is 2.32. The average Bonchev–Trinajstić information content (AvgIpc) is 3.32. The van der Waals surface area contributed by atoms with E-state index in [4.69, 9.17) is 14.0 Å². The maximum absolute atomic E-state index is 12.4. The zero-order chi connectivity index (χ0) is 18.0.